The van der Waals surface area contributed by atoms with E-state index in [1.54, 1.807) is 0 Å². The van der Waals surface area contributed by atoms with Crippen molar-refractivity contribution in [3.63, 3.8) is 0 Å². The van der Waals surface area contributed by atoms with Crippen LogP contribution in [0.2, 0.25) is 0 Å². The van der Waals surface area contributed by atoms with E-state index in [2.05, 4.69) is 4.98 Å². The molecule has 0 bridgehead atoms. The molecule has 0 N–H and O–H groups in total. The Bertz CT molecular complexity index is 514. The molecule has 0 aliphatic rings. The number of pyridine rings is 1. The van der Waals surface area contributed by atoms with Gasteiger partial charge in [0, 0.05) is 12.3 Å². The first kappa shape index (κ1) is 11.1. The molecule has 0 saturated carbocycles. The molecular formula is C12H10N2O3. The first-order valence-corrected chi connectivity index (χ1v) is 5.02. The number of rotatable bonds is 4. The van der Waals surface area contributed by atoms with Gasteiger partial charge in [-0.15, -0.1) is 0 Å². The maximum absolute atomic E-state index is 10.7. The summed E-state index contributed by atoms with van der Waals surface area (Å²) in [7, 11) is 0. The molecular weight excluding hydrogens is 220 g/mol. The topological polar surface area (TPSA) is 65.3 Å². The molecule has 2 aromatic rings. The fraction of sp³-hybridized carbons (Fsp3) is 0.0833. The summed E-state index contributed by atoms with van der Waals surface area (Å²) in [5, 5.41) is 10.7. The zero-order valence-electron chi connectivity index (χ0n) is 8.95. The molecule has 2 rings (SSSR count). The Labute approximate surface area is 97.8 Å². The third-order valence-electron chi connectivity index (χ3n) is 2.20. The third kappa shape index (κ3) is 2.78. The molecule has 0 amide bonds. The minimum atomic E-state index is -0.507. The zero-order valence-corrected chi connectivity index (χ0v) is 8.95. The molecule has 0 radical (unpaired) electrons. The molecule has 0 aliphatic carbocycles. The SMILES string of the molecule is O=[N+]([O-])c1cnccc1OCc1ccccc1. The van der Waals surface area contributed by atoms with Crippen molar-refractivity contribution in [3.05, 3.63) is 64.5 Å². The summed E-state index contributed by atoms with van der Waals surface area (Å²) < 4.78 is 5.40. The number of hydrogen-bond donors (Lipinski definition) is 0. The Morgan fingerprint density at radius 3 is 2.71 bits per heavy atom. The predicted molar refractivity (Wildman–Crippen MR) is 61.7 cm³/mol. The average Bonchev–Trinajstić information content (AvgIpc) is 2.38. The Morgan fingerprint density at radius 1 is 1.24 bits per heavy atom. The van der Waals surface area contributed by atoms with Crippen molar-refractivity contribution >= 4 is 5.69 Å². The first-order chi connectivity index (χ1) is 8.27. The van der Waals surface area contributed by atoms with Crippen LogP contribution in [0, 0.1) is 10.1 Å². The number of ether oxygens (including phenoxy) is 1. The molecule has 0 atom stereocenters. The van der Waals surface area contributed by atoms with E-state index in [4.69, 9.17) is 4.74 Å². The van der Waals surface area contributed by atoms with Crippen molar-refractivity contribution in [1.29, 1.82) is 0 Å². The van der Waals surface area contributed by atoms with Crippen LogP contribution in [-0.2, 0) is 6.61 Å². The van der Waals surface area contributed by atoms with Crippen LogP contribution in [0.5, 0.6) is 5.75 Å². The highest BCUT2D eigenvalue weighted by atomic mass is 16.6. The van der Waals surface area contributed by atoms with Gasteiger partial charge in [-0.25, -0.2) is 0 Å². The summed E-state index contributed by atoms with van der Waals surface area (Å²) in [6, 6.07) is 11.0. The molecule has 1 aromatic carbocycles. The lowest BCUT2D eigenvalue weighted by atomic mass is 10.2. The number of benzene rings is 1. The molecule has 0 aliphatic heterocycles. The van der Waals surface area contributed by atoms with Crippen molar-refractivity contribution < 1.29 is 9.66 Å². The lowest BCUT2D eigenvalue weighted by Gasteiger charge is -2.05. The van der Waals surface area contributed by atoms with E-state index in [0.717, 1.165) is 5.56 Å². The van der Waals surface area contributed by atoms with E-state index >= 15 is 0 Å². The van der Waals surface area contributed by atoms with Gasteiger partial charge in [0.05, 0.1) is 4.92 Å². The van der Waals surface area contributed by atoms with Crippen LogP contribution in [0.3, 0.4) is 0 Å². The number of nitrogens with zero attached hydrogens (tertiary/aromatic N) is 2. The van der Waals surface area contributed by atoms with Crippen molar-refractivity contribution in [2.45, 2.75) is 6.61 Å². The molecule has 1 heterocycles. The van der Waals surface area contributed by atoms with Gasteiger partial charge in [0.15, 0.2) is 0 Å². The summed E-state index contributed by atoms with van der Waals surface area (Å²) in [4.78, 5) is 13.9. The van der Waals surface area contributed by atoms with E-state index in [1.165, 1.54) is 18.5 Å². The minimum Gasteiger partial charge on any atom is -0.482 e. The van der Waals surface area contributed by atoms with Gasteiger partial charge >= 0.3 is 5.69 Å². The van der Waals surface area contributed by atoms with Crippen LogP contribution in [0.1, 0.15) is 5.56 Å². The van der Waals surface area contributed by atoms with E-state index in [0.29, 0.717) is 6.61 Å². The summed E-state index contributed by atoms with van der Waals surface area (Å²) >= 11 is 0. The van der Waals surface area contributed by atoms with Gasteiger partial charge in [-0.3, -0.25) is 15.1 Å². The van der Waals surface area contributed by atoms with Gasteiger partial charge in [-0.1, -0.05) is 30.3 Å². The standard InChI is InChI=1S/C12H10N2O3/c15-14(16)11-8-13-7-6-12(11)17-9-10-4-2-1-3-5-10/h1-8H,9H2. The normalized spacial score (nSPS) is 9.88. The second-order valence-electron chi connectivity index (χ2n) is 3.37. The molecule has 0 fully saturated rings. The largest absolute Gasteiger partial charge is 0.482 e. The van der Waals surface area contributed by atoms with E-state index in [9.17, 15) is 10.1 Å². The second-order valence-corrected chi connectivity index (χ2v) is 3.37. The smallest absolute Gasteiger partial charge is 0.329 e. The maximum Gasteiger partial charge on any atom is 0.329 e. The zero-order chi connectivity index (χ0) is 12.1. The van der Waals surface area contributed by atoms with E-state index in [-0.39, 0.29) is 11.4 Å². The van der Waals surface area contributed by atoms with Crippen molar-refractivity contribution in [3.8, 4) is 5.75 Å². The van der Waals surface area contributed by atoms with Crippen LogP contribution < -0.4 is 4.74 Å². The van der Waals surface area contributed by atoms with E-state index in [1.807, 2.05) is 30.3 Å². The van der Waals surface area contributed by atoms with Gasteiger partial charge < -0.3 is 4.74 Å². The second kappa shape index (κ2) is 5.07. The lowest BCUT2D eigenvalue weighted by Crippen LogP contribution is -1.99. The van der Waals surface area contributed by atoms with Crippen molar-refractivity contribution in [2.75, 3.05) is 0 Å². The van der Waals surface area contributed by atoms with Gasteiger partial charge in [0.25, 0.3) is 0 Å². The average molecular weight is 230 g/mol. The maximum atomic E-state index is 10.7. The van der Waals surface area contributed by atoms with Gasteiger partial charge in [-0.2, -0.15) is 0 Å². The number of aromatic nitrogens is 1. The molecule has 1 aromatic heterocycles. The highest BCUT2D eigenvalue weighted by Crippen LogP contribution is 2.25. The molecule has 0 saturated heterocycles. The third-order valence-corrected chi connectivity index (χ3v) is 2.20. The molecule has 86 valence electrons. The summed E-state index contributed by atoms with van der Waals surface area (Å²) in [5.41, 5.74) is 0.835. The Kier molecular flexibility index (Phi) is 3.30. The minimum absolute atomic E-state index is 0.122. The predicted octanol–water partition coefficient (Wildman–Crippen LogP) is 2.57. The van der Waals surface area contributed by atoms with Crippen LogP contribution in [0.15, 0.2) is 48.8 Å². The summed E-state index contributed by atoms with van der Waals surface area (Å²) in [5.74, 6) is 0.230. The molecule has 5 nitrogen and oxygen atoms in total. The molecule has 5 heteroatoms. The molecule has 0 unspecified atom stereocenters. The highest BCUT2D eigenvalue weighted by Gasteiger charge is 2.14. The quantitative estimate of drug-likeness (QED) is 0.598. The van der Waals surface area contributed by atoms with Crippen LogP contribution in [0.25, 0.3) is 0 Å². The van der Waals surface area contributed by atoms with Crippen molar-refractivity contribution in [1.82, 2.24) is 4.98 Å². The van der Waals surface area contributed by atoms with Gasteiger partial charge in [-0.05, 0) is 5.56 Å². The Morgan fingerprint density at radius 2 is 2.00 bits per heavy atom. The fourth-order valence-electron chi connectivity index (χ4n) is 1.37. The van der Waals surface area contributed by atoms with Crippen molar-refractivity contribution in [2.24, 2.45) is 0 Å². The number of nitro groups is 1. The Balaban J connectivity index is 2.12. The van der Waals surface area contributed by atoms with Gasteiger partial charge in [0.2, 0.25) is 5.75 Å². The van der Waals surface area contributed by atoms with Crippen LogP contribution >= 0.6 is 0 Å². The van der Waals surface area contributed by atoms with Crippen LogP contribution in [-0.4, -0.2) is 9.91 Å². The summed E-state index contributed by atoms with van der Waals surface area (Å²) in [6.45, 7) is 0.297. The number of hydrogen-bond acceptors (Lipinski definition) is 4. The summed E-state index contributed by atoms with van der Waals surface area (Å²) in [6.07, 6.45) is 2.65. The Hall–Kier alpha value is -2.43. The van der Waals surface area contributed by atoms with E-state index < -0.39 is 4.92 Å². The van der Waals surface area contributed by atoms with Gasteiger partial charge in [0.1, 0.15) is 12.8 Å². The first-order valence-electron chi connectivity index (χ1n) is 5.02. The molecule has 17 heavy (non-hydrogen) atoms. The highest BCUT2D eigenvalue weighted by molar-refractivity contribution is 5.43. The molecule has 0 spiro atoms. The monoisotopic (exact) mass is 230 g/mol. The van der Waals surface area contributed by atoms with Crippen LogP contribution in [0.4, 0.5) is 5.69 Å². The fourth-order valence-corrected chi connectivity index (χ4v) is 1.37. The lowest BCUT2D eigenvalue weighted by molar-refractivity contribution is -0.386.